The molecule has 1 aliphatic rings. The number of halogens is 2. The Kier molecular flexibility index (Phi) is 5.05. The number of alkyl halides is 2. The zero-order chi connectivity index (χ0) is 22.1. The van der Waals surface area contributed by atoms with Crippen molar-refractivity contribution in [3.8, 4) is 11.6 Å². The van der Waals surface area contributed by atoms with Crippen LogP contribution in [0.3, 0.4) is 0 Å². The lowest BCUT2D eigenvalue weighted by Crippen LogP contribution is -2.55. The number of pyridine rings is 1. The van der Waals surface area contributed by atoms with Crippen molar-refractivity contribution in [2.24, 2.45) is 0 Å². The number of para-hydroxylation sites is 2. The van der Waals surface area contributed by atoms with Crippen molar-refractivity contribution in [1.82, 2.24) is 19.7 Å². The maximum absolute atomic E-state index is 14.7. The summed E-state index contributed by atoms with van der Waals surface area (Å²) in [6.45, 7) is -0.307. The van der Waals surface area contributed by atoms with Gasteiger partial charge < -0.3 is 9.64 Å². The first-order valence-electron chi connectivity index (χ1n) is 10.3. The van der Waals surface area contributed by atoms with Crippen LogP contribution in [0.2, 0.25) is 0 Å². The molecule has 0 aliphatic carbocycles. The highest BCUT2D eigenvalue weighted by atomic mass is 19.3. The smallest absolute Gasteiger partial charge is 0.287 e. The van der Waals surface area contributed by atoms with Crippen LogP contribution >= 0.6 is 0 Å². The van der Waals surface area contributed by atoms with Crippen LogP contribution in [0, 0.1) is 0 Å². The van der Waals surface area contributed by atoms with E-state index in [9.17, 15) is 13.6 Å². The van der Waals surface area contributed by atoms with Gasteiger partial charge in [0.15, 0.2) is 6.10 Å². The summed E-state index contributed by atoms with van der Waals surface area (Å²) in [5.74, 6) is -3.31. The number of hydrogen-bond donors (Lipinski definition) is 0. The molecule has 0 bridgehead atoms. The topological polar surface area (TPSA) is 60.2 Å². The monoisotopic (exact) mass is 434 g/mol. The number of fused-ring (bicyclic) bond motifs is 1. The van der Waals surface area contributed by atoms with Crippen LogP contribution in [-0.4, -0.2) is 50.7 Å². The first kappa shape index (κ1) is 20.1. The van der Waals surface area contributed by atoms with Crippen LogP contribution in [-0.2, 0) is 0 Å². The van der Waals surface area contributed by atoms with Gasteiger partial charge in [-0.15, -0.1) is 0 Å². The highest BCUT2D eigenvalue weighted by Crippen LogP contribution is 2.32. The van der Waals surface area contributed by atoms with E-state index in [0.29, 0.717) is 16.8 Å². The van der Waals surface area contributed by atoms with Gasteiger partial charge in [0.05, 0.1) is 23.3 Å². The van der Waals surface area contributed by atoms with Gasteiger partial charge in [0.25, 0.3) is 11.8 Å². The van der Waals surface area contributed by atoms with E-state index < -0.39 is 18.4 Å². The van der Waals surface area contributed by atoms with Crippen LogP contribution < -0.4 is 4.74 Å². The predicted octanol–water partition coefficient (Wildman–Crippen LogP) is 4.35. The number of benzene rings is 2. The summed E-state index contributed by atoms with van der Waals surface area (Å²) in [5, 5.41) is 5.08. The Balaban J connectivity index is 1.39. The molecule has 0 saturated carbocycles. The molecule has 3 heterocycles. The average Bonchev–Trinajstić information content (AvgIpc) is 3.35. The number of rotatable bonds is 4. The lowest BCUT2D eigenvalue weighted by molar-refractivity contribution is -0.131. The van der Waals surface area contributed by atoms with Crippen molar-refractivity contribution < 1.29 is 18.3 Å². The van der Waals surface area contributed by atoms with E-state index in [2.05, 4.69) is 10.1 Å². The largest absolute Gasteiger partial charge is 0.466 e. The van der Waals surface area contributed by atoms with Gasteiger partial charge in [-0.2, -0.15) is 5.10 Å². The minimum Gasteiger partial charge on any atom is -0.466 e. The fraction of sp³-hybridized carbons (Fsp3) is 0.208. The number of amides is 1. The third-order valence-electron chi connectivity index (χ3n) is 5.58. The lowest BCUT2D eigenvalue weighted by atomic mass is 10.0. The number of hydrogen-bond acceptors (Lipinski definition) is 4. The Hall–Kier alpha value is -3.81. The van der Waals surface area contributed by atoms with Gasteiger partial charge in [-0.25, -0.2) is 18.4 Å². The molecular weight excluding hydrogens is 414 g/mol. The molecule has 32 heavy (non-hydrogen) atoms. The Bertz CT molecular complexity index is 1260. The number of carbonyl (C=O) groups is 1. The van der Waals surface area contributed by atoms with Gasteiger partial charge >= 0.3 is 0 Å². The summed E-state index contributed by atoms with van der Waals surface area (Å²) in [6.07, 6.45) is 1.36. The molecule has 0 radical (unpaired) electrons. The molecular formula is C24H20F2N4O2. The van der Waals surface area contributed by atoms with Gasteiger partial charge in [-0.05, 0) is 30.3 Å². The van der Waals surface area contributed by atoms with Gasteiger partial charge in [-0.1, -0.05) is 30.3 Å². The molecule has 5 rings (SSSR count). The van der Waals surface area contributed by atoms with E-state index in [-0.39, 0.29) is 24.9 Å². The number of carbonyl (C=O) groups excluding carboxylic acids is 1. The zero-order valence-electron chi connectivity index (χ0n) is 17.1. The standard InChI is InChI=1S/C24H20F2N4O2/c25-24(26)12-15-29(23(31)18-7-2-4-9-20(18)30-14-5-13-27-30)16-21(24)32-22-11-10-17-6-1-3-8-19(17)28-22/h1-11,13-14,21H,12,15-16H2/t21-/m0/s1. The van der Waals surface area contributed by atoms with Crippen LogP contribution in [0.25, 0.3) is 16.6 Å². The summed E-state index contributed by atoms with van der Waals surface area (Å²) in [6, 6.07) is 19.5. The summed E-state index contributed by atoms with van der Waals surface area (Å²) >= 11 is 0. The van der Waals surface area contributed by atoms with Gasteiger partial charge in [0, 0.05) is 36.8 Å². The third kappa shape index (κ3) is 3.79. The molecule has 1 saturated heterocycles. The summed E-state index contributed by atoms with van der Waals surface area (Å²) < 4.78 is 36.6. The SMILES string of the molecule is O=C(c1ccccc1-n1cccn1)N1CCC(F)(F)[C@@H](Oc2ccc3ccccc3n2)C1. The van der Waals surface area contributed by atoms with Crippen LogP contribution in [0.1, 0.15) is 16.8 Å². The Morgan fingerprint density at radius 1 is 1.03 bits per heavy atom. The van der Waals surface area contributed by atoms with E-state index >= 15 is 0 Å². The van der Waals surface area contributed by atoms with Gasteiger partial charge in [0.2, 0.25) is 5.88 Å². The second-order valence-corrected chi connectivity index (χ2v) is 7.68. The molecule has 8 heteroatoms. The molecule has 0 spiro atoms. The summed E-state index contributed by atoms with van der Waals surface area (Å²) in [4.78, 5) is 19.0. The first-order valence-corrected chi connectivity index (χ1v) is 10.3. The lowest BCUT2D eigenvalue weighted by Gasteiger charge is -2.38. The fourth-order valence-electron chi connectivity index (χ4n) is 3.87. The fourth-order valence-corrected chi connectivity index (χ4v) is 3.87. The summed E-state index contributed by atoms with van der Waals surface area (Å²) in [5.41, 5.74) is 1.64. The quantitative estimate of drug-likeness (QED) is 0.479. The minimum atomic E-state index is -3.08. The van der Waals surface area contributed by atoms with Crippen molar-refractivity contribution in [3.63, 3.8) is 0 Å². The van der Waals surface area contributed by atoms with Gasteiger partial charge in [0.1, 0.15) is 0 Å². The number of ether oxygens (including phenoxy) is 1. The molecule has 1 aliphatic heterocycles. The van der Waals surface area contributed by atoms with E-state index in [0.717, 1.165) is 5.39 Å². The van der Waals surface area contributed by atoms with E-state index in [4.69, 9.17) is 4.74 Å². The second kappa shape index (κ2) is 8.03. The molecule has 0 unspecified atom stereocenters. The Morgan fingerprint density at radius 3 is 2.69 bits per heavy atom. The first-order chi connectivity index (χ1) is 15.5. The molecule has 2 aromatic carbocycles. The minimum absolute atomic E-state index is 0.0652. The third-order valence-corrected chi connectivity index (χ3v) is 5.58. The average molecular weight is 434 g/mol. The molecule has 6 nitrogen and oxygen atoms in total. The van der Waals surface area contributed by atoms with Crippen LogP contribution in [0.5, 0.6) is 5.88 Å². The van der Waals surface area contributed by atoms with Crippen molar-refractivity contribution in [1.29, 1.82) is 0 Å². The molecule has 4 aromatic rings. The number of likely N-dealkylation sites (tertiary alicyclic amines) is 1. The van der Waals surface area contributed by atoms with E-state index in [1.807, 2.05) is 18.2 Å². The van der Waals surface area contributed by atoms with E-state index in [1.165, 1.54) is 4.90 Å². The van der Waals surface area contributed by atoms with Crippen LogP contribution in [0.15, 0.2) is 79.1 Å². The molecule has 162 valence electrons. The van der Waals surface area contributed by atoms with Crippen molar-refractivity contribution >= 4 is 16.8 Å². The molecule has 1 amide bonds. The van der Waals surface area contributed by atoms with Gasteiger partial charge in [-0.3, -0.25) is 4.79 Å². The number of nitrogens with zero attached hydrogens (tertiary/aromatic N) is 4. The molecule has 0 N–H and O–H groups in total. The van der Waals surface area contributed by atoms with E-state index in [1.54, 1.807) is 65.6 Å². The van der Waals surface area contributed by atoms with Crippen LogP contribution in [0.4, 0.5) is 8.78 Å². The highest BCUT2D eigenvalue weighted by molar-refractivity contribution is 5.97. The number of piperidine rings is 1. The zero-order valence-corrected chi connectivity index (χ0v) is 17.1. The maximum Gasteiger partial charge on any atom is 0.287 e. The predicted molar refractivity (Wildman–Crippen MR) is 115 cm³/mol. The second-order valence-electron chi connectivity index (χ2n) is 7.68. The van der Waals surface area contributed by atoms with Crippen molar-refractivity contribution in [2.45, 2.75) is 18.4 Å². The molecule has 1 fully saturated rings. The normalized spacial score (nSPS) is 17.9. The van der Waals surface area contributed by atoms with Crippen molar-refractivity contribution in [2.75, 3.05) is 13.1 Å². The summed E-state index contributed by atoms with van der Waals surface area (Å²) in [7, 11) is 0. The number of aromatic nitrogens is 3. The van der Waals surface area contributed by atoms with Crippen molar-refractivity contribution in [3.05, 3.63) is 84.7 Å². The highest BCUT2D eigenvalue weighted by Gasteiger charge is 2.47. The Labute approximate surface area is 183 Å². The maximum atomic E-state index is 14.7. The molecule has 2 aromatic heterocycles. The Morgan fingerprint density at radius 2 is 1.84 bits per heavy atom. The molecule has 1 atom stereocenters.